The van der Waals surface area contributed by atoms with Gasteiger partial charge in [0.2, 0.25) is 0 Å². The third-order valence-corrected chi connectivity index (χ3v) is 6.62. The van der Waals surface area contributed by atoms with Crippen LogP contribution in [-0.2, 0) is 28.9 Å². The van der Waals surface area contributed by atoms with Gasteiger partial charge in [-0.25, -0.2) is 4.98 Å². The van der Waals surface area contributed by atoms with Crippen molar-refractivity contribution in [3.63, 3.8) is 0 Å². The number of aromatic nitrogens is 2. The molecule has 2 aromatic rings. The van der Waals surface area contributed by atoms with Crippen molar-refractivity contribution < 1.29 is 9.53 Å². The van der Waals surface area contributed by atoms with Crippen LogP contribution in [0, 0.1) is 0 Å². The second-order valence-corrected chi connectivity index (χ2v) is 8.69. The minimum Gasteiger partial charge on any atom is -0.363 e. The summed E-state index contributed by atoms with van der Waals surface area (Å²) >= 11 is 0. The number of rotatable bonds is 2. The molecule has 7 heteroatoms. The number of fused-ring (bicyclic) bond motifs is 2. The second kappa shape index (κ2) is 7.96. The minimum atomic E-state index is -0.528. The number of nitrogens with zero attached hydrogens (tertiary/aromatic N) is 3. The van der Waals surface area contributed by atoms with Gasteiger partial charge in [0.05, 0.1) is 17.9 Å². The summed E-state index contributed by atoms with van der Waals surface area (Å²) in [4.78, 5) is 37.9. The van der Waals surface area contributed by atoms with Gasteiger partial charge in [0.1, 0.15) is 5.82 Å². The van der Waals surface area contributed by atoms with Gasteiger partial charge in [-0.05, 0) is 37.4 Å². The number of likely N-dealkylation sites (tertiary alicyclic amines) is 1. The predicted molar refractivity (Wildman–Crippen MR) is 112 cm³/mol. The molecule has 7 nitrogen and oxygen atoms in total. The summed E-state index contributed by atoms with van der Waals surface area (Å²) in [5.41, 5.74) is 3.85. The van der Waals surface area contributed by atoms with E-state index in [1.165, 1.54) is 5.56 Å². The number of ether oxygens (including phenoxy) is 1. The standard InChI is InChI=1S/C23H28N4O3/c1-26-11-8-19-18(14-26)22(28)25-21(24-19)16-6-4-10-27(13-16)23(29)20-17-7-3-2-5-15(17)9-12-30-20/h2-3,5,7,16,20H,4,6,8-14H2,1H3,(H,24,25,28)/t16-,20+/m0/s1. The summed E-state index contributed by atoms with van der Waals surface area (Å²) < 4.78 is 5.89. The third-order valence-electron chi connectivity index (χ3n) is 6.62. The summed E-state index contributed by atoms with van der Waals surface area (Å²) in [6.45, 7) is 3.42. The van der Waals surface area contributed by atoms with Crippen LogP contribution < -0.4 is 5.56 Å². The van der Waals surface area contributed by atoms with Crippen molar-refractivity contribution >= 4 is 5.91 Å². The monoisotopic (exact) mass is 408 g/mol. The molecule has 5 rings (SSSR count). The molecule has 158 valence electrons. The molecule has 1 aromatic heterocycles. The van der Waals surface area contributed by atoms with Gasteiger partial charge < -0.3 is 19.5 Å². The molecule has 1 saturated heterocycles. The largest absolute Gasteiger partial charge is 0.363 e. The Balaban J connectivity index is 1.36. The van der Waals surface area contributed by atoms with Crippen LogP contribution in [0.4, 0.5) is 0 Å². The van der Waals surface area contributed by atoms with Crippen LogP contribution in [0.3, 0.4) is 0 Å². The van der Waals surface area contributed by atoms with Crippen molar-refractivity contribution in [3.05, 3.63) is 62.8 Å². The number of hydrogen-bond donors (Lipinski definition) is 1. The molecule has 0 aliphatic carbocycles. The lowest BCUT2D eigenvalue weighted by Crippen LogP contribution is -2.44. The molecule has 0 radical (unpaired) electrons. The lowest BCUT2D eigenvalue weighted by Gasteiger charge is -2.36. The Labute approximate surface area is 176 Å². The van der Waals surface area contributed by atoms with Crippen LogP contribution in [0.2, 0.25) is 0 Å². The first-order valence-electron chi connectivity index (χ1n) is 10.9. The highest BCUT2D eigenvalue weighted by atomic mass is 16.5. The number of H-pyrrole nitrogens is 1. The fourth-order valence-corrected chi connectivity index (χ4v) is 4.94. The summed E-state index contributed by atoms with van der Waals surface area (Å²) in [5.74, 6) is 0.804. The molecule has 3 aliphatic rings. The van der Waals surface area contributed by atoms with Gasteiger partial charge in [-0.1, -0.05) is 24.3 Å². The SMILES string of the molecule is CN1CCc2nc([C@H]3CCCN(C(=O)[C@@H]4OCCc5ccccc54)C3)[nH]c(=O)c2C1. The molecule has 3 aliphatic heterocycles. The molecular weight excluding hydrogens is 380 g/mol. The Morgan fingerprint density at radius 1 is 1.23 bits per heavy atom. The molecule has 1 aromatic carbocycles. The molecule has 1 fully saturated rings. The topological polar surface area (TPSA) is 78.5 Å². The second-order valence-electron chi connectivity index (χ2n) is 8.69. The lowest BCUT2D eigenvalue weighted by atomic mass is 9.93. The number of nitrogens with one attached hydrogen (secondary N) is 1. The highest BCUT2D eigenvalue weighted by molar-refractivity contribution is 5.83. The minimum absolute atomic E-state index is 0.0220. The van der Waals surface area contributed by atoms with Gasteiger partial charge >= 0.3 is 0 Å². The first-order chi connectivity index (χ1) is 14.6. The van der Waals surface area contributed by atoms with Crippen molar-refractivity contribution in [1.29, 1.82) is 0 Å². The van der Waals surface area contributed by atoms with E-state index in [1.807, 2.05) is 30.1 Å². The molecule has 1 N–H and O–H groups in total. The van der Waals surface area contributed by atoms with Gasteiger partial charge in [-0.2, -0.15) is 0 Å². The first-order valence-corrected chi connectivity index (χ1v) is 10.9. The number of benzene rings is 1. The van der Waals surface area contributed by atoms with Gasteiger partial charge in [-0.3, -0.25) is 9.59 Å². The summed E-state index contributed by atoms with van der Waals surface area (Å²) in [6, 6.07) is 8.05. The Kier molecular flexibility index (Phi) is 5.16. The van der Waals surface area contributed by atoms with Crippen molar-refractivity contribution in [1.82, 2.24) is 19.8 Å². The Hall–Kier alpha value is -2.51. The van der Waals surface area contributed by atoms with E-state index in [0.717, 1.165) is 61.4 Å². The highest BCUT2D eigenvalue weighted by Gasteiger charge is 2.34. The van der Waals surface area contributed by atoms with Gasteiger partial charge in [0, 0.05) is 38.5 Å². The van der Waals surface area contributed by atoms with E-state index in [-0.39, 0.29) is 17.4 Å². The normalized spacial score (nSPS) is 24.2. The van der Waals surface area contributed by atoms with Crippen molar-refractivity contribution in [2.75, 3.05) is 33.3 Å². The van der Waals surface area contributed by atoms with Gasteiger partial charge in [0.15, 0.2) is 6.10 Å². The number of carbonyl (C=O) groups is 1. The Bertz CT molecular complexity index is 1020. The van der Waals surface area contributed by atoms with Gasteiger partial charge in [0.25, 0.3) is 11.5 Å². The van der Waals surface area contributed by atoms with Crippen molar-refractivity contribution in [2.24, 2.45) is 0 Å². The molecule has 1 amide bonds. The number of likely N-dealkylation sites (N-methyl/N-ethyl adjacent to an activating group) is 1. The maximum Gasteiger partial charge on any atom is 0.256 e. The van der Waals surface area contributed by atoms with Crippen LogP contribution >= 0.6 is 0 Å². The molecular formula is C23H28N4O3. The van der Waals surface area contributed by atoms with Crippen molar-refractivity contribution in [3.8, 4) is 0 Å². The number of carbonyl (C=O) groups excluding carboxylic acids is 1. The Morgan fingerprint density at radius 2 is 2.10 bits per heavy atom. The average Bonchev–Trinajstić information content (AvgIpc) is 2.78. The van der Waals surface area contributed by atoms with E-state index in [0.29, 0.717) is 19.7 Å². The predicted octanol–water partition coefficient (Wildman–Crippen LogP) is 1.78. The quantitative estimate of drug-likeness (QED) is 0.820. The molecule has 0 unspecified atom stereocenters. The molecule has 0 bridgehead atoms. The van der Waals surface area contributed by atoms with Crippen LogP contribution in [0.5, 0.6) is 0 Å². The zero-order valence-electron chi connectivity index (χ0n) is 17.4. The zero-order chi connectivity index (χ0) is 20.7. The molecule has 4 heterocycles. The number of aromatic amines is 1. The van der Waals surface area contributed by atoms with Crippen LogP contribution in [-0.4, -0.2) is 59.0 Å². The van der Waals surface area contributed by atoms with Crippen LogP contribution in [0.25, 0.3) is 0 Å². The zero-order valence-corrected chi connectivity index (χ0v) is 17.4. The number of amides is 1. The van der Waals surface area contributed by atoms with E-state index in [9.17, 15) is 9.59 Å². The van der Waals surface area contributed by atoms with Crippen LogP contribution in [0.15, 0.2) is 29.1 Å². The fraction of sp³-hybridized carbons (Fsp3) is 0.522. The highest BCUT2D eigenvalue weighted by Crippen LogP contribution is 2.32. The summed E-state index contributed by atoms with van der Waals surface area (Å²) in [7, 11) is 2.02. The maximum absolute atomic E-state index is 13.3. The molecule has 30 heavy (non-hydrogen) atoms. The van der Waals surface area contributed by atoms with Crippen molar-refractivity contribution in [2.45, 2.75) is 44.2 Å². The maximum atomic E-state index is 13.3. The Morgan fingerprint density at radius 3 is 3.00 bits per heavy atom. The van der Waals surface area contributed by atoms with Gasteiger partial charge in [-0.15, -0.1) is 0 Å². The molecule has 0 saturated carbocycles. The van der Waals surface area contributed by atoms with E-state index in [4.69, 9.17) is 9.72 Å². The first kappa shape index (κ1) is 19.5. The number of hydrogen-bond acceptors (Lipinski definition) is 5. The molecule has 2 atom stereocenters. The summed E-state index contributed by atoms with van der Waals surface area (Å²) in [6.07, 6.45) is 2.94. The number of piperidine rings is 1. The average molecular weight is 409 g/mol. The fourth-order valence-electron chi connectivity index (χ4n) is 4.94. The summed E-state index contributed by atoms with van der Waals surface area (Å²) in [5, 5.41) is 0. The lowest BCUT2D eigenvalue weighted by molar-refractivity contribution is -0.146. The smallest absolute Gasteiger partial charge is 0.256 e. The van der Waals surface area contributed by atoms with Crippen LogP contribution in [0.1, 0.15) is 53.1 Å². The van der Waals surface area contributed by atoms with E-state index >= 15 is 0 Å². The molecule has 0 spiro atoms. The van der Waals surface area contributed by atoms with E-state index in [2.05, 4.69) is 16.0 Å². The van der Waals surface area contributed by atoms with E-state index < -0.39 is 6.10 Å². The third kappa shape index (κ3) is 3.56. The van der Waals surface area contributed by atoms with E-state index in [1.54, 1.807) is 0 Å².